The van der Waals surface area contributed by atoms with Crippen molar-refractivity contribution in [2.24, 2.45) is 11.8 Å². The van der Waals surface area contributed by atoms with Crippen LogP contribution in [0.3, 0.4) is 0 Å². The summed E-state index contributed by atoms with van der Waals surface area (Å²) in [5.41, 5.74) is -2.33. The third kappa shape index (κ3) is 5.17. The van der Waals surface area contributed by atoms with E-state index in [1.54, 1.807) is 12.1 Å². The summed E-state index contributed by atoms with van der Waals surface area (Å²) in [6.07, 6.45) is -11.9. The molecule has 180 valence electrons. The van der Waals surface area contributed by atoms with Crippen LogP contribution in [0.25, 0.3) is 0 Å². The first-order valence-corrected chi connectivity index (χ1v) is 10.5. The van der Waals surface area contributed by atoms with Crippen molar-refractivity contribution in [2.75, 3.05) is 19.7 Å². The van der Waals surface area contributed by atoms with Gasteiger partial charge in [0.15, 0.2) is 6.29 Å². The Kier molecular flexibility index (Phi) is 6.45. The van der Waals surface area contributed by atoms with E-state index in [1.165, 1.54) is 19.1 Å². The van der Waals surface area contributed by atoms with Gasteiger partial charge in [0.1, 0.15) is 5.82 Å². The Labute approximate surface area is 185 Å². The van der Waals surface area contributed by atoms with Crippen LogP contribution in [-0.4, -0.2) is 26.0 Å². The standard InChI is InChI=1S/C23H22F7NO2/c1-12(14-6-16(22(25,26)27)8-17(7-14)23(28,29)30)33-21-20(13-2-4-18(24)5-3-13)19-10-31-9-15(19)11-32-21/h2-8,12,15,19-21,31H,9-11H2,1H3/t12-,15+,19-,20?,21?/m1/s1. The minimum atomic E-state index is -4.95. The first-order valence-electron chi connectivity index (χ1n) is 10.5. The molecule has 2 aliphatic heterocycles. The molecule has 0 spiro atoms. The highest BCUT2D eigenvalue weighted by Crippen LogP contribution is 2.43. The Morgan fingerprint density at radius 3 is 2.12 bits per heavy atom. The minimum Gasteiger partial charge on any atom is -0.352 e. The molecule has 10 heteroatoms. The van der Waals surface area contributed by atoms with Gasteiger partial charge in [-0.15, -0.1) is 0 Å². The first kappa shape index (κ1) is 24.0. The van der Waals surface area contributed by atoms with Gasteiger partial charge in [0, 0.05) is 12.5 Å². The summed E-state index contributed by atoms with van der Waals surface area (Å²) < 4.78 is 105. The SMILES string of the molecule is C[C@@H](OC1OC[C@@H]2CNC[C@H]2C1c1ccc(F)cc1)c1cc(C(F)(F)F)cc(C(F)(F)F)c1. The zero-order valence-electron chi connectivity index (χ0n) is 17.5. The molecule has 0 bridgehead atoms. The van der Waals surface area contributed by atoms with E-state index in [0.717, 1.165) is 5.56 Å². The Bertz CT molecular complexity index is 942. The van der Waals surface area contributed by atoms with Gasteiger partial charge >= 0.3 is 12.4 Å². The topological polar surface area (TPSA) is 30.5 Å². The minimum absolute atomic E-state index is 0.0636. The number of rotatable bonds is 4. The van der Waals surface area contributed by atoms with Gasteiger partial charge in [0.2, 0.25) is 0 Å². The molecule has 4 rings (SSSR count). The maximum Gasteiger partial charge on any atom is 0.416 e. The number of alkyl halides is 6. The lowest BCUT2D eigenvalue weighted by Gasteiger charge is -2.40. The van der Waals surface area contributed by atoms with Crippen LogP contribution in [0.4, 0.5) is 30.7 Å². The summed E-state index contributed by atoms with van der Waals surface area (Å²) >= 11 is 0. The largest absolute Gasteiger partial charge is 0.416 e. The molecule has 2 saturated heterocycles. The quantitative estimate of drug-likeness (QED) is 0.555. The number of nitrogens with one attached hydrogen (secondary N) is 1. The highest BCUT2D eigenvalue weighted by atomic mass is 19.4. The van der Waals surface area contributed by atoms with Crippen LogP contribution < -0.4 is 5.32 Å². The molecule has 2 unspecified atom stereocenters. The first-order chi connectivity index (χ1) is 15.4. The van der Waals surface area contributed by atoms with Crippen molar-refractivity contribution in [1.82, 2.24) is 5.32 Å². The average molecular weight is 477 g/mol. The van der Waals surface area contributed by atoms with Gasteiger partial charge in [-0.05, 0) is 66.8 Å². The van der Waals surface area contributed by atoms with E-state index in [-0.39, 0.29) is 29.4 Å². The van der Waals surface area contributed by atoms with Crippen LogP contribution in [0.5, 0.6) is 0 Å². The van der Waals surface area contributed by atoms with Gasteiger partial charge in [0.25, 0.3) is 0 Å². The smallest absolute Gasteiger partial charge is 0.352 e. The second kappa shape index (κ2) is 8.88. The van der Waals surface area contributed by atoms with Crippen molar-refractivity contribution in [2.45, 2.75) is 37.6 Å². The predicted molar refractivity (Wildman–Crippen MR) is 105 cm³/mol. The average Bonchev–Trinajstić information content (AvgIpc) is 3.21. The summed E-state index contributed by atoms with van der Waals surface area (Å²) in [5, 5.41) is 3.27. The van der Waals surface area contributed by atoms with Crippen molar-refractivity contribution in [3.8, 4) is 0 Å². The molecule has 0 saturated carbocycles. The molecule has 3 nitrogen and oxygen atoms in total. The Balaban J connectivity index is 1.65. The summed E-state index contributed by atoms with van der Waals surface area (Å²) in [5.74, 6) is -0.560. The maximum absolute atomic E-state index is 13.5. The lowest BCUT2D eigenvalue weighted by molar-refractivity contribution is -0.217. The van der Waals surface area contributed by atoms with Crippen LogP contribution in [0.15, 0.2) is 42.5 Å². The van der Waals surface area contributed by atoms with Gasteiger partial charge in [-0.3, -0.25) is 0 Å². The van der Waals surface area contributed by atoms with Gasteiger partial charge in [0.05, 0.1) is 23.8 Å². The summed E-state index contributed by atoms with van der Waals surface area (Å²) in [7, 11) is 0. The number of hydrogen-bond acceptors (Lipinski definition) is 3. The van der Waals surface area contributed by atoms with E-state index < -0.39 is 41.7 Å². The second-order valence-electron chi connectivity index (χ2n) is 8.48. The van der Waals surface area contributed by atoms with E-state index in [4.69, 9.17) is 9.47 Å². The van der Waals surface area contributed by atoms with E-state index >= 15 is 0 Å². The van der Waals surface area contributed by atoms with Crippen molar-refractivity contribution in [3.05, 3.63) is 70.5 Å². The molecule has 1 N–H and O–H groups in total. The van der Waals surface area contributed by atoms with Crippen molar-refractivity contribution in [1.29, 1.82) is 0 Å². The fourth-order valence-corrected chi connectivity index (χ4v) is 4.59. The van der Waals surface area contributed by atoms with Crippen molar-refractivity contribution < 1.29 is 40.2 Å². The molecule has 2 fully saturated rings. The number of hydrogen-bond donors (Lipinski definition) is 1. The van der Waals surface area contributed by atoms with Crippen molar-refractivity contribution >= 4 is 0 Å². The molecular weight excluding hydrogens is 455 g/mol. The van der Waals surface area contributed by atoms with Crippen LogP contribution in [0.1, 0.15) is 41.2 Å². The molecule has 0 aromatic heterocycles. The Hall–Kier alpha value is -2.17. The zero-order chi connectivity index (χ0) is 24.0. The molecule has 2 aliphatic rings. The molecule has 0 aliphatic carbocycles. The Morgan fingerprint density at radius 2 is 1.55 bits per heavy atom. The molecule has 2 aromatic rings. The maximum atomic E-state index is 13.5. The molecular formula is C23H22F7NO2. The summed E-state index contributed by atoms with van der Waals surface area (Å²) in [6, 6.07) is 7.19. The van der Waals surface area contributed by atoms with Gasteiger partial charge < -0.3 is 14.8 Å². The number of benzene rings is 2. The Morgan fingerprint density at radius 1 is 0.939 bits per heavy atom. The number of ether oxygens (including phenoxy) is 2. The molecule has 33 heavy (non-hydrogen) atoms. The second-order valence-corrected chi connectivity index (χ2v) is 8.48. The normalized spacial score (nSPS) is 26.8. The van der Waals surface area contributed by atoms with Crippen LogP contribution >= 0.6 is 0 Å². The molecule has 0 amide bonds. The fraction of sp³-hybridized carbons (Fsp3) is 0.478. The van der Waals surface area contributed by atoms with Crippen molar-refractivity contribution in [3.63, 3.8) is 0 Å². The van der Waals surface area contributed by atoms with E-state index in [2.05, 4.69) is 5.32 Å². The lowest BCUT2D eigenvalue weighted by atomic mass is 9.77. The molecule has 2 heterocycles. The predicted octanol–water partition coefficient (Wildman–Crippen LogP) is 5.92. The van der Waals surface area contributed by atoms with Gasteiger partial charge in [-0.2, -0.15) is 26.3 Å². The van der Waals surface area contributed by atoms with Crippen LogP contribution in [-0.2, 0) is 21.8 Å². The summed E-state index contributed by atoms with van der Waals surface area (Å²) in [4.78, 5) is 0. The number of halogens is 7. The fourth-order valence-electron chi connectivity index (χ4n) is 4.59. The van der Waals surface area contributed by atoms with Gasteiger partial charge in [-0.25, -0.2) is 4.39 Å². The third-order valence-corrected chi connectivity index (χ3v) is 6.29. The molecule has 5 atom stereocenters. The van der Waals surface area contributed by atoms with Crippen LogP contribution in [0, 0.1) is 17.7 Å². The molecule has 0 radical (unpaired) electrons. The highest BCUT2D eigenvalue weighted by Gasteiger charge is 2.45. The number of fused-ring (bicyclic) bond motifs is 1. The lowest BCUT2D eigenvalue weighted by Crippen LogP contribution is -2.42. The van der Waals surface area contributed by atoms with Gasteiger partial charge in [-0.1, -0.05) is 12.1 Å². The monoisotopic (exact) mass is 477 g/mol. The van der Waals surface area contributed by atoms with E-state index in [1.807, 2.05) is 0 Å². The van der Waals surface area contributed by atoms with E-state index in [0.29, 0.717) is 31.8 Å². The third-order valence-electron chi connectivity index (χ3n) is 6.29. The summed E-state index contributed by atoms with van der Waals surface area (Å²) in [6.45, 7) is 3.09. The zero-order valence-corrected chi connectivity index (χ0v) is 17.5. The molecule has 2 aromatic carbocycles. The van der Waals surface area contributed by atoms with E-state index in [9.17, 15) is 30.7 Å². The van der Waals surface area contributed by atoms with Crippen LogP contribution in [0.2, 0.25) is 0 Å². The highest BCUT2D eigenvalue weighted by molar-refractivity contribution is 5.35.